The molecule has 1 amide bonds. The summed E-state index contributed by atoms with van der Waals surface area (Å²) in [5.74, 6) is 0.858. The maximum Gasteiger partial charge on any atom is 0.222 e. The summed E-state index contributed by atoms with van der Waals surface area (Å²) in [6.45, 7) is 6.52. The highest BCUT2D eigenvalue weighted by Crippen LogP contribution is 2.10. The van der Waals surface area contributed by atoms with Gasteiger partial charge in [-0.1, -0.05) is 0 Å². The Hall–Kier alpha value is -1.78. The molecular formula is C13H22N4O. The molecule has 0 aromatic carbocycles. The molecule has 0 unspecified atom stereocenters. The summed E-state index contributed by atoms with van der Waals surface area (Å²) >= 11 is 0. The van der Waals surface area contributed by atoms with Crippen molar-refractivity contribution in [1.82, 2.24) is 10.3 Å². The van der Waals surface area contributed by atoms with Crippen molar-refractivity contribution in [2.24, 2.45) is 0 Å². The summed E-state index contributed by atoms with van der Waals surface area (Å²) < 4.78 is 0. The molecule has 1 aromatic rings. The van der Waals surface area contributed by atoms with E-state index in [-0.39, 0.29) is 11.4 Å². The molecule has 0 saturated heterocycles. The summed E-state index contributed by atoms with van der Waals surface area (Å²) in [5, 5.41) is 9.09. The average Bonchev–Trinajstić information content (AvgIpc) is 2.27. The summed E-state index contributed by atoms with van der Waals surface area (Å²) in [5.41, 5.74) is 0.783. The van der Waals surface area contributed by atoms with Crippen LogP contribution in [0.1, 0.15) is 27.2 Å². The molecule has 0 atom stereocenters. The number of rotatable bonds is 5. The lowest BCUT2D eigenvalue weighted by Gasteiger charge is -2.20. The fourth-order valence-corrected chi connectivity index (χ4v) is 1.48. The van der Waals surface area contributed by atoms with Gasteiger partial charge in [0.05, 0.1) is 0 Å². The van der Waals surface area contributed by atoms with Gasteiger partial charge in [0, 0.05) is 43.5 Å². The van der Waals surface area contributed by atoms with E-state index >= 15 is 0 Å². The summed E-state index contributed by atoms with van der Waals surface area (Å²) in [6.07, 6.45) is 2.18. The van der Waals surface area contributed by atoms with E-state index in [4.69, 9.17) is 0 Å². The van der Waals surface area contributed by atoms with Gasteiger partial charge in [-0.2, -0.15) is 0 Å². The van der Waals surface area contributed by atoms with Crippen LogP contribution in [0.15, 0.2) is 18.3 Å². The molecule has 0 aliphatic rings. The molecule has 1 heterocycles. The predicted octanol–water partition coefficient (Wildman–Crippen LogP) is 1.84. The van der Waals surface area contributed by atoms with Gasteiger partial charge < -0.3 is 16.0 Å². The van der Waals surface area contributed by atoms with E-state index in [1.165, 1.54) is 0 Å². The van der Waals surface area contributed by atoms with Crippen molar-refractivity contribution in [3.63, 3.8) is 0 Å². The van der Waals surface area contributed by atoms with Gasteiger partial charge in [-0.05, 0) is 26.8 Å². The van der Waals surface area contributed by atoms with Crippen LogP contribution in [0.2, 0.25) is 0 Å². The third-order valence-corrected chi connectivity index (χ3v) is 2.21. The van der Waals surface area contributed by atoms with Crippen LogP contribution < -0.4 is 16.0 Å². The minimum Gasteiger partial charge on any atom is -0.384 e. The van der Waals surface area contributed by atoms with E-state index in [0.717, 1.165) is 11.5 Å². The first kappa shape index (κ1) is 14.3. The van der Waals surface area contributed by atoms with Crippen LogP contribution in [0, 0.1) is 0 Å². The number of pyridine rings is 1. The molecule has 5 nitrogen and oxygen atoms in total. The number of aromatic nitrogens is 1. The van der Waals surface area contributed by atoms with Crippen LogP contribution >= 0.6 is 0 Å². The minimum absolute atomic E-state index is 0.0536. The third-order valence-electron chi connectivity index (χ3n) is 2.21. The topological polar surface area (TPSA) is 66.0 Å². The summed E-state index contributed by atoms with van der Waals surface area (Å²) in [4.78, 5) is 15.7. The normalized spacial score (nSPS) is 10.9. The Balaban J connectivity index is 2.35. The van der Waals surface area contributed by atoms with Crippen molar-refractivity contribution in [2.45, 2.75) is 32.7 Å². The number of anilines is 2. The van der Waals surface area contributed by atoms with Gasteiger partial charge in [0.15, 0.2) is 0 Å². The summed E-state index contributed by atoms with van der Waals surface area (Å²) in [6, 6.07) is 3.78. The van der Waals surface area contributed by atoms with Gasteiger partial charge in [-0.3, -0.25) is 4.79 Å². The largest absolute Gasteiger partial charge is 0.384 e. The first-order valence-corrected chi connectivity index (χ1v) is 6.09. The number of hydrogen-bond donors (Lipinski definition) is 3. The maximum absolute atomic E-state index is 11.6. The van der Waals surface area contributed by atoms with E-state index < -0.39 is 0 Å². The van der Waals surface area contributed by atoms with Gasteiger partial charge in [0.25, 0.3) is 0 Å². The molecular weight excluding hydrogens is 228 g/mol. The van der Waals surface area contributed by atoms with Gasteiger partial charge >= 0.3 is 0 Å². The van der Waals surface area contributed by atoms with Crippen molar-refractivity contribution in [1.29, 1.82) is 0 Å². The SMILES string of the molecule is CNc1cc(NCCC(=O)NC(C)(C)C)ccn1. The fraction of sp³-hybridized carbons (Fsp3) is 0.538. The fourth-order valence-electron chi connectivity index (χ4n) is 1.48. The zero-order valence-electron chi connectivity index (χ0n) is 11.5. The number of carbonyl (C=O) groups excluding carboxylic acids is 1. The van der Waals surface area contributed by atoms with Gasteiger partial charge in [-0.25, -0.2) is 4.98 Å². The Labute approximate surface area is 108 Å². The monoisotopic (exact) mass is 250 g/mol. The number of nitrogens with one attached hydrogen (secondary N) is 3. The second kappa shape index (κ2) is 6.23. The van der Waals surface area contributed by atoms with E-state index in [2.05, 4.69) is 20.9 Å². The highest BCUT2D eigenvalue weighted by atomic mass is 16.1. The average molecular weight is 250 g/mol. The van der Waals surface area contributed by atoms with Crippen molar-refractivity contribution in [3.8, 4) is 0 Å². The quantitative estimate of drug-likeness (QED) is 0.746. The van der Waals surface area contributed by atoms with Crippen molar-refractivity contribution < 1.29 is 4.79 Å². The molecule has 100 valence electrons. The first-order chi connectivity index (χ1) is 8.40. The Morgan fingerprint density at radius 1 is 1.39 bits per heavy atom. The molecule has 0 bridgehead atoms. The maximum atomic E-state index is 11.6. The van der Waals surface area contributed by atoms with Gasteiger partial charge in [0.2, 0.25) is 5.91 Å². The molecule has 0 saturated carbocycles. The van der Waals surface area contributed by atoms with Gasteiger partial charge in [-0.15, -0.1) is 0 Å². The Bertz CT molecular complexity index is 398. The number of hydrogen-bond acceptors (Lipinski definition) is 4. The lowest BCUT2D eigenvalue weighted by atomic mass is 10.1. The van der Waals surface area contributed by atoms with Gasteiger partial charge in [0.1, 0.15) is 5.82 Å². The molecule has 5 heteroatoms. The van der Waals surface area contributed by atoms with E-state index in [0.29, 0.717) is 13.0 Å². The van der Waals surface area contributed by atoms with E-state index in [1.807, 2.05) is 40.0 Å². The number of carbonyl (C=O) groups is 1. The molecule has 0 fully saturated rings. The standard InChI is InChI=1S/C13H22N4O/c1-13(2,3)17-12(18)6-8-15-10-5-7-16-11(9-10)14-4/h5,7,9H,6,8H2,1-4H3,(H,17,18)(H2,14,15,16). The van der Waals surface area contributed by atoms with E-state index in [1.54, 1.807) is 6.20 Å². The van der Waals surface area contributed by atoms with Crippen LogP contribution in [-0.2, 0) is 4.79 Å². The Morgan fingerprint density at radius 2 is 2.11 bits per heavy atom. The lowest BCUT2D eigenvalue weighted by Crippen LogP contribution is -2.41. The van der Waals surface area contributed by atoms with Crippen molar-refractivity contribution in [3.05, 3.63) is 18.3 Å². The van der Waals surface area contributed by atoms with E-state index in [9.17, 15) is 4.79 Å². The molecule has 0 spiro atoms. The van der Waals surface area contributed by atoms with Crippen molar-refractivity contribution in [2.75, 3.05) is 24.2 Å². The molecule has 18 heavy (non-hydrogen) atoms. The smallest absolute Gasteiger partial charge is 0.222 e. The molecule has 1 aromatic heterocycles. The Kier molecular flexibility index (Phi) is 4.95. The Morgan fingerprint density at radius 3 is 2.72 bits per heavy atom. The molecule has 1 rings (SSSR count). The zero-order chi connectivity index (χ0) is 13.6. The second-order valence-corrected chi connectivity index (χ2v) is 5.15. The summed E-state index contributed by atoms with van der Waals surface area (Å²) in [7, 11) is 1.82. The molecule has 0 radical (unpaired) electrons. The van der Waals surface area contributed by atoms with Crippen molar-refractivity contribution >= 4 is 17.4 Å². The van der Waals surface area contributed by atoms with Crippen LogP contribution in [0.5, 0.6) is 0 Å². The van der Waals surface area contributed by atoms with Crippen LogP contribution in [0.25, 0.3) is 0 Å². The zero-order valence-corrected chi connectivity index (χ0v) is 11.5. The first-order valence-electron chi connectivity index (χ1n) is 6.09. The number of amides is 1. The lowest BCUT2D eigenvalue weighted by molar-refractivity contribution is -0.122. The second-order valence-electron chi connectivity index (χ2n) is 5.15. The third kappa shape index (κ3) is 5.52. The molecule has 0 aliphatic heterocycles. The van der Waals surface area contributed by atoms with Crippen LogP contribution in [0.4, 0.5) is 11.5 Å². The minimum atomic E-state index is -0.174. The molecule has 0 aliphatic carbocycles. The van der Waals surface area contributed by atoms with Crippen LogP contribution in [0.3, 0.4) is 0 Å². The highest BCUT2D eigenvalue weighted by molar-refractivity contribution is 5.77. The van der Waals surface area contributed by atoms with Crippen LogP contribution in [-0.4, -0.2) is 30.0 Å². The highest BCUT2D eigenvalue weighted by Gasteiger charge is 2.12. The number of nitrogens with zero attached hydrogens (tertiary/aromatic N) is 1. The molecule has 3 N–H and O–H groups in total. The predicted molar refractivity (Wildman–Crippen MR) is 74.8 cm³/mol.